The van der Waals surface area contributed by atoms with Gasteiger partial charge in [-0.1, -0.05) is 0 Å². The molecular weight excluding hydrogens is 377 g/mol. The molecule has 3 aliphatic heterocycles. The van der Waals surface area contributed by atoms with Crippen molar-refractivity contribution in [3.8, 4) is 5.75 Å². The van der Waals surface area contributed by atoms with Gasteiger partial charge in [-0.05, 0) is 50.5 Å². The van der Waals surface area contributed by atoms with Crippen LogP contribution in [0.2, 0.25) is 0 Å². The number of benzene rings is 1. The molecule has 0 radical (unpaired) electrons. The molecule has 0 spiro atoms. The van der Waals surface area contributed by atoms with Crippen LogP contribution in [0.15, 0.2) is 47.0 Å². The Morgan fingerprint density at radius 1 is 1.31 bits per heavy atom. The number of ether oxygens (including phenoxy) is 4. The molecule has 0 saturated carbocycles. The smallest absolute Gasteiger partial charge is 0.233 e. The molecular formula is C21H26FN3O4. The third-order valence-electron chi connectivity index (χ3n) is 5.30. The van der Waals surface area contributed by atoms with Gasteiger partial charge in [-0.3, -0.25) is 0 Å². The van der Waals surface area contributed by atoms with Crippen LogP contribution in [0, 0.1) is 11.3 Å². The molecule has 1 N–H and O–H groups in total. The highest BCUT2D eigenvalue weighted by Gasteiger charge is 2.33. The Morgan fingerprint density at radius 2 is 2.17 bits per heavy atom. The second-order valence-electron chi connectivity index (χ2n) is 7.90. The van der Waals surface area contributed by atoms with Crippen LogP contribution in [0.1, 0.15) is 38.3 Å². The number of likely N-dealkylation sites (tertiary alicyclic amines) is 1. The summed E-state index contributed by atoms with van der Waals surface area (Å²) in [5.74, 6) is -0.142. The summed E-state index contributed by atoms with van der Waals surface area (Å²) >= 11 is 0. The largest absolute Gasteiger partial charge is 0.491 e. The summed E-state index contributed by atoms with van der Waals surface area (Å²) in [7, 11) is 0. The molecule has 2 atom stereocenters. The van der Waals surface area contributed by atoms with E-state index in [9.17, 15) is 4.39 Å². The summed E-state index contributed by atoms with van der Waals surface area (Å²) in [6.07, 6.45) is 5.37. The third kappa shape index (κ3) is 4.59. The summed E-state index contributed by atoms with van der Waals surface area (Å²) in [6, 6.07) is 4.92. The Bertz CT molecular complexity index is 839. The minimum absolute atomic E-state index is 0.0517. The molecule has 1 unspecified atom stereocenters. The standard InChI is InChI=1S/C21H26FN3O4/c1-21(2)28-13-18(29-21)12-26-17-9-14(8-15(22)10-17)19-4-3-7-25(19)16-5-6-20(24-23)27-11-16/h5-6,8-10,18-19,23H,3-4,7,11-13H2,1-2H3/t18?,19-/m1/s1. The fourth-order valence-corrected chi connectivity index (χ4v) is 4.01. The molecule has 3 heterocycles. The number of rotatable bonds is 6. The Hall–Kier alpha value is -2.45. The van der Waals surface area contributed by atoms with Gasteiger partial charge in [-0.2, -0.15) is 0 Å². The highest BCUT2D eigenvalue weighted by atomic mass is 19.1. The first-order chi connectivity index (χ1) is 13.9. The van der Waals surface area contributed by atoms with Gasteiger partial charge in [0.05, 0.1) is 18.3 Å². The van der Waals surface area contributed by atoms with Crippen molar-refractivity contribution >= 4 is 0 Å². The van der Waals surface area contributed by atoms with Crippen LogP contribution in [-0.4, -0.2) is 43.2 Å². The Morgan fingerprint density at radius 3 is 2.86 bits per heavy atom. The molecule has 1 aromatic rings. The Kier molecular flexibility index (Phi) is 5.56. The molecule has 29 heavy (non-hydrogen) atoms. The van der Waals surface area contributed by atoms with Crippen LogP contribution in [0.4, 0.5) is 4.39 Å². The van der Waals surface area contributed by atoms with E-state index in [1.54, 1.807) is 12.1 Å². The summed E-state index contributed by atoms with van der Waals surface area (Å²) in [5, 5.41) is 3.31. The van der Waals surface area contributed by atoms with Crippen LogP contribution >= 0.6 is 0 Å². The van der Waals surface area contributed by atoms with E-state index in [4.69, 9.17) is 24.5 Å². The molecule has 0 aliphatic carbocycles. The summed E-state index contributed by atoms with van der Waals surface area (Å²) in [5.41, 5.74) is 8.92. The maximum absolute atomic E-state index is 14.3. The molecule has 8 heteroatoms. The predicted octanol–water partition coefficient (Wildman–Crippen LogP) is 4.28. The predicted molar refractivity (Wildman–Crippen MR) is 103 cm³/mol. The summed E-state index contributed by atoms with van der Waals surface area (Å²) < 4.78 is 36.9. The molecule has 7 nitrogen and oxygen atoms in total. The molecule has 0 aromatic heterocycles. The molecule has 0 amide bonds. The average molecular weight is 403 g/mol. The van der Waals surface area contributed by atoms with Gasteiger partial charge in [-0.25, -0.2) is 9.92 Å². The van der Waals surface area contributed by atoms with Crippen LogP contribution in [0.25, 0.3) is 0 Å². The number of hydrogen-bond donors (Lipinski definition) is 1. The van der Waals surface area contributed by atoms with E-state index in [2.05, 4.69) is 10.0 Å². The van der Waals surface area contributed by atoms with Crippen molar-refractivity contribution in [2.75, 3.05) is 26.4 Å². The SMILES string of the molecule is CC1(C)OCC(COc2cc(F)cc([C@H]3CCCN3C3=CC=C(N=N)OC3)c2)O1. The lowest BCUT2D eigenvalue weighted by molar-refractivity contribution is -0.141. The van der Waals surface area contributed by atoms with Gasteiger partial charge >= 0.3 is 0 Å². The molecule has 2 saturated heterocycles. The van der Waals surface area contributed by atoms with Gasteiger partial charge in [-0.15, -0.1) is 5.11 Å². The van der Waals surface area contributed by atoms with E-state index in [0.29, 0.717) is 31.5 Å². The van der Waals surface area contributed by atoms with Crippen LogP contribution in [0.5, 0.6) is 5.75 Å². The van der Waals surface area contributed by atoms with Crippen molar-refractivity contribution in [1.82, 2.24) is 4.90 Å². The third-order valence-corrected chi connectivity index (χ3v) is 5.30. The minimum Gasteiger partial charge on any atom is -0.491 e. The van der Waals surface area contributed by atoms with Crippen molar-refractivity contribution in [2.45, 2.75) is 44.6 Å². The zero-order valence-corrected chi connectivity index (χ0v) is 16.7. The number of hydrogen-bond acceptors (Lipinski definition) is 7. The lowest BCUT2D eigenvalue weighted by Gasteiger charge is -2.31. The molecule has 156 valence electrons. The van der Waals surface area contributed by atoms with Gasteiger partial charge in [0, 0.05) is 18.7 Å². The highest BCUT2D eigenvalue weighted by molar-refractivity contribution is 5.33. The van der Waals surface area contributed by atoms with Crippen molar-refractivity contribution in [3.63, 3.8) is 0 Å². The van der Waals surface area contributed by atoms with Gasteiger partial charge in [0.2, 0.25) is 5.88 Å². The number of nitrogens with one attached hydrogen (secondary N) is 1. The lowest BCUT2D eigenvalue weighted by Crippen LogP contribution is -2.26. The average Bonchev–Trinajstić information content (AvgIpc) is 3.32. The molecule has 4 rings (SSSR count). The van der Waals surface area contributed by atoms with Crippen molar-refractivity contribution < 1.29 is 23.3 Å². The summed E-state index contributed by atoms with van der Waals surface area (Å²) in [6.45, 7) is 5.72. The van der Waals surface area contributed by atoms with Gasteiger partial charge < -0.3 is 23.8 Å². The quantitative estimate of drug-likeness (QED) is 0.718. The number of allylic oxidation sites excluding steroid dienone is 2. The Labute approximate surface area is 169 Å². The van der Waals surface area contributed by atoms with E-state index in [1.165, 1.54) is 6.07 Å². The van der Waals surface area contributed by atoms with Gasteiger partial charge in [0.15, 0.2) is 5.79 Å². The van der Waals surface area contributed by atoms with E-state index in [-0.39, 0.29) is 18.0 Å². The van der Waals surface area contributed by atoms with Gasteiger partial charge in [0.1, 0.15) is 30.9 Å². The minimum atomic E-state index is -0.608. The van der Waals surface area contributed by atoms with Crippen molar-refractivity contribution in [2.24, 2.45) is 5.11 Å². The maximum Gasteiger partial charge on any atom is 0.233 e. The van der Waals surface area contributed by atoms with E-state index >= 15 is 0 Å². The Balaban J connectivity index is 1.47. The summed E-state index contributed by atoms with van der Waals surface area (Å²) in [4.78, 5) is 2.23. The molecule has 0 bridgehead atoms. The van der Waals surface area contributed by atoms with Crippen LogP contribution in [0.3, 0.4) is 0 Å². The zero-order valence-electron chi connectivity index (χ0n) is 16.7. The fraction of sp³-hybridized carbons (Fsp3) is 0.524. The van der Waals surface area contributed by atoms with Gasteiger partial charge in [0.25, 0.3) is 0 Å². The second kappa shape index (κ2) is 8.12. The molecule has 2 fully saturated rings. The number of nitrogens with zero attached hydrogens (tertiary/aromatic N) is 2. The monoisotopic (exact) mass is 403 g/mol. The first-order valence-electron chi connectivity index (χ1n) is 9.86. The lowest BCUT2D eigenvalue weighted by atomic mass is 10.0. The first kappa shape index (κ1) is 19.8. The first-order valence-corrected chi connectivity index (χ1v) is 9.86. The molecule has 3 aliphatic rings. The second-order valence-corrected chi connectivity index (χ2v) is 7.90. The fourth-order valence-electron chi connectivity index (χ4n) is 4.01. The topological polar surface area (TPSA) is 76.4 Å². The zero-order chi connectivity index (χ0) is 20.4. The van der Waals surface area contributed by atoms with Crippen molar-refractivity contribution in [1.29, 1.82) is 5.53 Å². The number of halogens is 1. The highest BCUT2D eigenvalue weighted by Crippen LogP contribution is 2.37. The van der Waals surface area contributed by atoms with E-state index in [0.717, 1.165) is 30.6 Å². The maximum atomic E-state index is 14.3. The van der Waals surface area contributed by atoms with Crippen molar-refractivity contribution in [3.05, 3.63) is 53.3 Å². The normalized spacial score (nSPS) is 26.0. The van der Waals surface area contributed by atoms with Crippen LogP contribution < -0.4 is 4.74 Å². The van der Waals surface area contributed by atoms with Crippen LogP contribution in [-0.2, 0) is 14.2 Å². The molecule has 1 aromatic carbocycles. The van der Waals surface area contributed by atoms with E-state index in [1.807, 2.05) is 26.0 Å². The van der Waals surface area contributed by atoms with E-state index < -0.39 is 5.79 Å².